The number of carbonyl (C=O) groups excluding carboxylic acids is 1. The molecule has 9 heteroatoms. The Kier molecular flexibility index (Phi) is 5.20. The molecule has 0 saturated carbocycles. The molecule has 2 aromatic heterocycles. The van der Waals surface area contributed by atoms with Gasteiger partial charge in [0, 0.05) is 35.6 Å². The van der Waals surface area contributed by atoms with Crippen molar-refractivity contribution in [3.63, 3.8) is 0 Å². The van der Waals surface area contributed by atoms with E-state index in [1.165, 1.54) is 18.5 Å². The minimum atomic E-state index is -1.18. The van der Waals surface area contributed by atoms with Crippen molar-refractivity contribution in [2.45, 2.75) is 71.2 Å². The predicted molar refractivity (Wildman–Crippen MR) is 117 cm³/mol. The topological polar surface area (TPSA) is 102 Å². The lowest BCUT2D eigenvalue weighted by Crippen LogP contribution is -2.34. The fraction of sp³-hybridized carbons (Fsp3) is 0.478. The van der Waals surface area contributed by atoms with E-state index in [-0.39, 0.29) is 17.9 Å². The third-order valence-electron chi connectivity index (χ3n) is 5.34. The normalized spacial score (nSPS) is 18.6. The first-order chi connectivity index (χ1) is 14.8. The van der Waals surface area contributed by atoms with Crippen molar-refractivity contribution in [3.05, 3.63) is 42.0 Å². The molecule has 0 radical (unpaired) electrons. The van der Waals surface area contributed by atoms with Crippen LogP contribution in [0.4, 0.5) is 9.18 Å². The third kappa shape index (κ3) is 4.17. The summed E-state index contributed by atoms with van der Waals surface area (Å²) in [7, 11) is 0. The first kappa shape index (κ1) is 22.1. The molecule has 2 N–H and O–H groups in total. The largest absolute Gasteiger partial charge is 0.444 e. The van der Waals surface area contributed by atoms with Crippen molar-refractivity contribution in [1.29, 1.82) is 0 Å². The first-order valence-electron chi connectivity index (χ1n) is 10.6. The van der Waals surface area contributed by atoms with Crippen LogP contribution in [0.3, 0.4) is 0 Å². The average Bonchev–Trinajstić information content (AvgIpc) is 3.16. The summed E-state index contributed by atoms with van der Waals surface area (Å²) in [5, 5.41) is 12.9. The van der Waals surface area contributed by atoms with Gasteiger partial charge in [-0.2, -0.15) is 0 Å². The Bertz CT molecular complexity index is 1180. The number of benzene rings is 1. The van der Waals surface area contributed by atoms with Crippen molar-refractivity contribution in [1.82, 2.24) is 24.8 Å². The number of hydrogen-bond acceptors (Lipinski definition) is 6. The number of amides is 1. The molecule has 1 aliphatic heterocycles. The summed E-state index contributed by atoms with van der Waals surface area (Å²) in [4.78, 5) is 25.3. The number of aliphatic hydroxyl groups is 1. The van der Waals surface area contributed by atoms with Crippen LogP contribution in [0.25, 0.3) is 22.2 Å². The lowest BCUT2D eigenvalue weighted by Gasteiger charge is -2.21. The van der Waals surface area contributed by atoms with Crippen molar-refractivity contribution in [3.8, 4) is 11.1 Å². The van der Waals surface area contributed by atoms with Gasteiger partial charge in [-0.1, -0.05) is 0 Å². The molecule has 0 spiro atoms. The van der Waals surface area contributed by atoms with E-state index in [9.17, 15) is 14.3 Å². The molecule has 1 amide bonds. The van der Waals surface area contributed by atoms with E-state index in [2.05, 4.69) is 20.3 Å². The highest BCUT2D eigenvalue weighted by atomic mass is 19.1. The standard InChI is InChI=1S/C23H28FN5O3/c1-12-7-17(28-21(30)32-22(2,3)4)19-27-16-9-15(24)14(8-18(16)29(12)19)13-10-25-20(26-11-13)23(5,6)31/h8-12,17,31H,7H2,1-6H3,(H,28,30)/t12-,17+/m0/s1. The average molecular weight is 442 g/mol. The Balaban J connectivity index is 1.70. The van der Waals surface area contributed by atoms with Gasteiger partial charge < -0.3 is 19.7 Å². The van der Waals surface area contributed by atoms with Crippen molar-refractivity contribution in [2.75, 3.05) is 0 Å². The number of imidazole rings is 1. The van der Waals surface area contributed by atoms with Gasteiger partial charge in [0.1, 0.15) is 22.8 Å². The second kappa shape index (κ2) is 7.51. The zero-order valence-corrected chi connectivity index (χ0v) is 19.1. The molecule has 3 heterocycles. The molecule has 1 aliphatic rings. The van der Waals surface area contributed by atoms with Gasteiger partial charge in [0.05, 0.1) is 17.1 Å². The molecular weight excluding hydrogens is 413 g/mol. The molecule has 32 heavy (non-hydrogen) atoms. The highest BCUT2D eigenvalue weighted by Gasteiger charge is 2.34. The van der Waals surface area contributed by atoms with Crippen LogP contribution in [-0.2, 0) is 10.3 Å². The molecule has 0 saturated heterocycles. The molecule has 1 aromatic carbocycles. The quantitative estimate of drug-likeness (QED) is 0.625. The summed E-state index contributed by atoms with van der Waals surface area (Å²) in [5.74, 6) is 0.486. The van der Waals surface area contributed by atoms with Crippen LogP contribution in [-0.4, -0.2) is 36.3 Å². The number of nitrogens with zero attached hydrogens (tertiary/aromatic N) is 4. The predicted octanol–water partition coefficient (Wildman–Crippen LogP) is 4.39. The summed E-state index contributed by atoms with van der Waals surface area (Å²) in [5.41, 5.74) is 0.343. The van der Waals surface area contributed by atoms with Gasteiger partial charge in [0.25, 0.3) is 0 Å². The van der Waals surface area contributed by atoms with Gasteiger partial charge in [0.2, 0.25) is 0 Å². The Morgan fingerprint density at radius 2 is 1.88 bits per heavy atom. The maximum Gasteiger partial charge on any atom is 0.408 e. The molecule has 8 nitrogen and oxygen atoms in total. The first-order valence-corrected chi connectivity index (χ1v) is 10.6. The molecule has 0 fully saturated rings. The number of nitrogens with one attached hydrogen (secondary N) is 1. The van der Waals surface area contributed by atoms with E-state index in [0.29, 0.717) is 28.9 Å². The smallest absolute Gasteiger partial charge is 0.408 e. The molecule has 0 unspecified atom stereocenters. The summed E-state index contributed by atoms with van der Waals surface area (Å²) in [6, 6.07) is 2.85. The number of halogens is 1. The van der Waals surface area contributed by atoms with Gasteiger partial charge in [-0.15, -0.1) is 0 Å². The number of alkyl carbamates (subject to hydrolysis) is 1. The lowest BCUT2D eigenvalue weighted by atomic mass is 10.1. The molecule has 3 aromatic rings. The summed E-state index contributed by atoms with van der Waals surface area (Å²) in [6.07, 6.45) is 3.16. The van der Waals surface area contributed by atoms with Crippen LogP contribution in [0.5, 0.6) is 0 Å². The fourth-order valence-electron chi connectivity index (χ4n) is 3.97. The molecule has 0 bridgehead atoms. The Hall–Kier alpha value is -3.07. The lowest BCUT2D eigenvalue weighted by molar-refractivity contribution is 0.0501. The SMILES string of the molecule is C[C@H]1C[C@@H](NC(=O)OC(C)(C)C)c2nc3cc(F)c(-c4cnc(C(C)(C)O)nc4)cc3n21. The van der Waals surface area contributed by atoms with Gasteiger partial charge >= 0.3 is 6.09 Å². The Labute approximate surface area is 185 Å². The van der Waals surface area contributed by atoms with Crippen LogP contribution < -0.4 is 5.32 Å². The van der Waals surface area contributed by atoms with Crippen LogP contribution in [0.1, 0.15) is 71.7 Å². The Morgan fingerprint density at radius 3 is 2.47 bits per heavy atom. The summed E-state index contributed by atoms with van der Waals surface area (Å²) in [6.45, 7) is 10.6. The van der Waals surface area contributed by atoms with Crippen LogP contribution in [0, 0.1) is 5.82 Å². The zero-order valence-electron chi connectivity index (χ0n) is 19.1. The Morgan fingerprint density at radius 1 is 1.22 bits per heavy atom. The minimum absolute atomic E-state index is 0.0575. The monoisotopic (exact) mass is 441 g/mol. The third-order valence-corrected chi connectivity index (χ3v) is 5.34. The number of hydrogen-bond donors (Lipinski definition) is 2. The highest BCUT2D eigenvalue weighted by Crippen LogP contribution is 2.39. The number of fused-ring (bicyclic) bond motifs is 3. The molecule has 0 aliphatic carbocycles. The van der Waals surface area contributed by atoms with E-state index in [1.54, 1.807) is 40.7 Å². The number of ether oxygens (including phenoxy) is 1. The van der Waals surface area contributed by atoms with E-state index in [1.807, 2.05) is 11.5 Å². The van der Waals surface area contributed by atoms with Gasteiger partial charge in [-0.3, -0.25) is 0 Å². The fourth-order valence-corrected chi connectivity index (χ4v) is 3.97. The van der Waals surface area contributed by atoms with Crippen LogP contribution >= 0.6 is 0 Å². The molecule has 170 valence electrons. The van der Waals surface area contributed by atoms with E-state index in [4.69, 9.17) is 4.74 Å². The van der Waals surface area contributed by atoms with Gasteiger partial charge in [0.15, 0.2) is 5.82 Å². The maximum absolute atomic E-state index is 14.9. The van der Waals surface area contributed by atoms with E-state index < -0.39 is 23.1 Å². The maximum atomic E-state index is 14.9. The molecular formula is C23H28FN5O3. The van der Waals surface area contributed by atoms with E-state index >= 15 is 0 Å². The second-order valence-electron chi connectivity index (χ2n) is 9.80. The van der Waals surface area contributed by atoms with Crippen LogP contribution in [0.2, 0.25) is 0 Å². The number of carbonyl (C=O) groups is 1. The van der Waals surface area contributed by atoms with Crippen molar-refractivity contribution < 1.29 is 19.0 Å². The van der Waals surface area contributed by atoms with Crippen molar-refractivity contribution >= 4 is 17.1 Å². The summed E-state index contributed by atoms with van der Waals surface area (Å²) >= 11 is 0. The van der Waals surface area contributed by atoms with Crippen LogP contribution in [0.15, 0.2) is 24.5 Å². The minimum Gasteiger partial charge on any atom is -0.444 e. The molecule has 2 atom stereocenters. The molecule has 4 rings (SSSR count). The van der Waals surface area contributed by atoms with Gasteiger partial charge in [-0.25, -0.2) is 24.1 Å². The number of rotatable bonds is 3. The van der Waals surface area contributed by atoms with Crippen molar-refractivity contribution in [2.24, 2.45) is 0 Å². The zero-order chi connectivity index (χ0) is 23.4. The summed E-state index contributed by atoms with van der Waals surface area (Å²) < 4.78 is 22.3. The van der Waals surface area contributed by atoms with E-state index in [0.717, 1.165) is 5.52 Å². The highest BCUT2D eigenvalue weighted by molar-refractivity contribution is 5.83. The second-order valence-corrected chi connectivity index (χ2v) is 9.80. The van der Waals surface area contributed by atoms with Gasteiger partial charge in [-0.05, 0) is 54.0 Å². The number of aromatic nitrogens is 4.